The van der Waals surface area contributed by atoms with Crippen molar-refractivity contribution >= 4 is 5.91 Å². The average molecular weight is 561 g/mol. The number of allylic oxidation sites excluding steroid dienone is 1. The second-order valence-corrected chi connectivity index (χ2v) is 9.64. The molecule has 0 aromatic heterocycles. The largest absolute Gasteiger partial charge is 0.416 e. The molecule has 4 rings (SSSR count). The summed E-state index contributed by atoms with van der Waals surface area (Å²) in [6.45, 7) is 3.48. The molecule has 212 valence electrons. The van der Waals surface area contributed by atoms with Gasteiger partial charge in [0.25, 0.3) is 0 Å². The molecule has 12 heteroatoms. The van der Waals surface area contributed by atoms with Crippen LogP contribution in [0.5, 0.6) is 0 Å². The molecule has 39 heavy (non-hydrogen) atoms. The SMILES string of the molecule is CCCC1=CC(C(=O)N2CC(OC(C)c3cc(C(F)(F)F)cc(C(F)(F)F)c3)C(c3ccc(F)cc3)C2)NO1. The number of likely N-dealkylation sites (tertiary alicyclic amines) is 1. The Morgan fingerprint density at radius 2 is 1.67 bits per heavy atom. The van der Waals surface area contributed by atoms with Crippen LogP contribution in [0.15, 0.2) is 54.3 Å². The topological polar surface area (TPSA) is 50.8 Å². The summed E-state index contributed by atoms with van der Waals surface area (Å²) in [5.74, 6) is -0.701. The van der Waals surface area contributed by atoms with Gasteiger partial charge in [-0.1, -0.05) is 19.1 Å². The number of hydroxylamine groups is 1. The molecule has 5 nitrogen and oxygen atoms in total. The summed E-state index contributed by atoms with van der Waals surface area (Å²) in [4.78, 5) is 20.0. The van der Waals surface area contributed by atoms with Crippen LogP contribution in [0, 0.1) is 5.82 Å². The molecule has 2 aromatic rings. The van der Waals surface area contributed by atoms with Gasteiger partial charge in [-0.25, -0.2) is 4.39 Å². The average Bonchev–Trinajstić information content (AvgIpc) is 3.50. The van der Waals surface area contributed by atoms with Gasteiger partial charge in [-0.05, 0) is 60.9 Å². The van der Waals surface area contributed by atoms with Crippen LogP contribution < -0.4 is 5.48 Å². The molecule has 2 aliphatic heterocycles. The lowest BCUT2D eigenvalue weighted by atomic mass is 9.95. The van der Waals surface area contributed by atoms with Crippen molar-refractivity contribution in [1.82, 2.24) is 10.4 Å². The molecule has 1 saturated heterocycles. The molecule has 0 spiro atoms. The van der Waals surface area contributed by atoms with Gasteiger partial charge in [0.15, 0.2) is 0 Å². The summed E-state index contributed by atoms with van der Waals surface area (Å²) in [5.41, 5.74) is 0.0870. The number of ether oxygens (including phenoxy) is 1. The number of benzene rings is 2. The van der Waals surface area contributed by atoms with E-state index < -0.39 is 53.5 Å². The van der Waals surface area contributed by atoms with Crippen LogP contribution in [-0.4, -0.2) is 36.0 Å². The zero-order valence-corrected chi connectivity index (χ0v) is 21.1. The zero-order chi connectivity index (χ0) is 28.5. The zero-order valence-electron chi connectivity index (χ0n) is 21.1. The van der Waals surface area contributed by atoms with Gasteiger partial charge in [-0.2, -0.15) is 26.3 Å². The highest BCUT2D eigenvalue weighted by molar-refractivity contribution is 5.84. The lowest BCUT2D eigenvalue weighted by Crippen LogP contribution is -2.42. The minimum absolute atomic E-state index is 0.0193. The van der Waals surface area contributed by atoms with Crippen LogP contribution in [-0.2, 0) is 26.7 Å². The number of carbonyl (C=O) groups excluding carboxylic acids is 1. The lowest BCUT2D eigenvalue weighted by molar-refractivity contribution is -0.143. The van der Waals surface area contributed by atoms with Crippen molar-refractivity contribution < 1.29 is 45.1 Å². The van der Waals surface area contributed by atoms with Crippen molar-refractivity contribution in [3.63, 3.8) is 0 Å². The Labute approximate surface area is 220 Å². The predicted molar refractivity (Wildman–Crippen MR) is 126 cm³/mol. The second kappa shape index (κ2) is 11.2. The molecule has 0 bridgehead atoms. The summed E-state index contributed by atoms with van der Waals surface area (Å²) in [6, 6.07) is 6.05. The Kier molecular flexibility index (Phi) is 8.27. The number of amides is 1. The number of hydrogen-bond acceptors (Lipinski definition) is 4. The normalized spacial score (nSPS) is 22.5. The molecular formula is C27H27F7N2O3. The monoisotopic (exact) mass is 560 g/mol. The number of carbonyl (C=O) groups is 1. The van der Waals surface area contributed by atoms with E-state index in [9.17, 15) is 35.5 Å². The molecule has 2 aliphatic rings. The molecule has 0 radical (unpaired) electrons. The van der Waals surface area contributed by atoms with Gasteiger partial charge >= 0.3 is 12.4 Å². The van der Waals surface area contributed by atoms with E-state index in [1.54, 1.807) is 6.08 Å². The summed E-state index contributed by atoms with van der Waals surface area (Å²) in [5, 5.41) is 0. The molecule has 2 aromatic carbocycles. The number of alkyl halides is 6. The van der Waals surface area contributed by atoms with E-state index in [0.717, 1.165) is 6.42 Å². The first kappa shape index (κ1) is 28.9. The van der Waals surface area contributed by atoms with Gasteiger partial charge in [-0.3, -0.25) is 4.79 Å². The number of nitrogens with one attached hydrogen (secondary N) is 1. The number of halogens is 7. The van der Waals surface area contributed by atoms with E-state index in [4.69, 9.17) is 9.57 Å². The van der Waals surface area contributed by atoms with Crippen molar-refractivity contribution in [1.29, 1.82) is 0 Å². The molecule has 4 atom stereocenters. The highest BCUT2D eigenvalue weighted by Gasteiger charge is 2.42. The van der Waals surface area contributed by atoms with Crippen LogP contribution in [0.4, 0.5) is 30.7 Å². The molecule has 1 fully saturated rings. The quantitative estimate of drug-likeness (QED) is 0.392. The lowest BCUT2D eigenvalue weighted by Gasteiger charge is -2.25. The van der Waals surface area contributed by atoms with Gasteiger partial charge in [0.2, 0.25) is 5.91 Å². The first-order valence-corrected chi connectivity index (χ1v) is 12.4. The standard InChI is InChI=1S/C27H27F7N2O3/c1-3-4-21-12-23(35-39-21)25(37)36-13-22(16-5-7-20(28)8-6-16)24(14-36)38-15(2)17-9-18(26(29,30)31)11-19(10-17)27(32,33)34/h5-12,15,22-24,35H,3-4,13-14H2,1-2H3. The minimum atomic E-state index is -5.00. The molecule has 1 amide bonds. The first-order valence-electron chi connectivity index (χ1n) is 12.4. The summed E-state index contributed by atoms with van der Waals surface area (Å²) < 4.78 is 99.9. The fraction of sp³-hybridized carbons (Fsp3) is 0.444. The second-order valence-electron chi connectivity index (χ2n) is 9.64. The molecular weight excluding hydrogens is 533 g/mol. The predicted octanol–water partition coefficient (Wildman–Crippen LogP) is 6.52. The van der Waals surface area contributed by atoms with E-state index in [2.05, 4.69) is 5.48 Å². The number of nitrogens with zero attached hydrogens (tertiary/aromatic N) is 1. The smallest absolute Gasteiger partial charge is 0.412 e. The maximum Gasteiger partial charge on any atom is 0.416 e. The molecule has 4 unspecified atom stereocenters. The van der Waals surface area contributed by atoms with Crippen molar-refractivity contribution in [3.8, 4) is 0 Å². The van der Waals surface area contributed by atoms with E-state index in [0.29, 0.717) is 29.9 Å². The highest BCUT2D eigenvalue weighted by atomic mass is 19.4. The Balaban J connectivity index is 1.60. The van der Waals surface area contributed by atoms with E-state index in [1.807, 2.05) is 6.92 Å². The van der Waals surface area contributed by atoms with Crippen LogP contribution in [0.1, 0.15) is 61.0 Å². The third-order valence-electron chi connectivity index (χ3n) is 6.77. The van der Waals surface area contributed by atoms with Crippen LogP contribution >= 0.6 is 0 Å². The molecule has 2 heterocycles. The maximum absolute atomic E-state index is 13.6. The highest BCUT2D eigenvalue weighted by Crippen LogP contribution is 2.39. The summed E-state index contributed by atoms with van der Waals surface area (Å²) >= 11 is 0. The van der Waals surface area contributed by atoms with Crippen LogP contribution in [0.2, 0.25) is 0 Å². The summed E-state index contributed by atoms with van der Waals surface area (Å²) in [6.07, 6.45) is -8.86. The molecule has 0 aliphatic carbocycles. The fourth-order valence-corrected chi connectivity index (χ4v) is 4.77. The third kappa shape index (κ3) is 6.73. The number of hydrogen-bond donors (Lipinski definition) is 1. The van der Waals surface area contributed by atoms with Gasteiger partial charge in [0.05, 0.1) is 23.3 Å². The maximum atomic E-state index is 13.6. The van der Waals surface area contributed by atoms with E-state index >= 15 is 0 Å². The minimum Gasteiger partial charge on any atom is -0.412 e. The Bertz CT molecular complexity index is 1180. The van der Waals surface area contributed by atoms with Crippen molar-refractivity contribution in [3.05, 3.63) is 82.4 Å². The van der Waals surface area contributed by atoms with Crippen molar-refractivity contribution in [2.45, 2.75) is 63.2 Å². The first-order chi connectivity index (χ1) is 18.3. The summed E-state index contributed by atoms with van der Waals surface area (Å²) in [7, 11) is 0. The number of rotatable bonds is 7. The van der Waals surface area contributed by atoms with Gasteiger partial charge in [0.1, 0.15) is 17.6 Å². The van der Waals surface area contributed by atoms with Gasteiger partial charge in [-0.15, -0.1) is 5.48 Å². The Hall–Kier alpha value is -3.12. The van der Waals surface area contributed by atoms with Crippen molar-refractivity contribution in [2.24, 2.45) is 0 Å². The third-order valence-corrected chi connectivity index (χ3v) is 6.77. The Morgan fingerprint density at radius 3 is 2.23 bits per heavy atom. The molecule has 1 N–H and O–H groups in total. The van der Waals surface area contributed by atoms with Gasteiger partial charge < -0.3 is 14.5 Å². The van der Waals surface area contributed by atoms with Crippen LogP contribution in [0.25, 0.3) is 0 Å². The van der Waals surface area contributed by atoms with Crippen molar-refractivity contribution in [2.75, 3.05) is 13.1 Å². The van der Waals surface area contributed by atoms with E-state index in [-0.39, 0.29) is 30.6 Å². The van der Waals surface area contributed by atoms with Crippen LogP contribution in [0.3, 0.4) is 0 Å². The fourth-order valence-electron chi connectivity index (χ4n) is 4.77. The Morgan fingerprint density at radius 1 is 1.05 bits per heavy atom. The van der Waals surface area contributed by atoms with Gasteiger partial charge in [0, 0.05) is 25.4 Å². The molecule has 0 saturated carbocycles. The van der Waals surface area contributed by atoms with E-state index in [1.165, 1.54) is 36.1 Å².